The average Bonchev–Trinajstić information content (AvgIpc) is 3.35. The lowest BCUT2D eigenvalue weighted by atomic mass is 9.81. The summed E-state index contributed by atoms with van der Waals surface area (Å²) in [7, 11) is 0. The molecule has 2 aliphatic carbocycles. The fourth-order valence-electron chi connectivity index (χ4n) is 9.29. The van der Waals surface area contributed by atoms with Gasteiger partial charge in [-0.05, 0) is 127 Å². The van der Waals surface area contributed by atoms with Gasteiger partial charge in [0.15, 0.2) is 0 Å². The van der Waals surface area contributed by atoms with Gasteiger partial charge in [0, 0.05) is 45.6 Å². The molecule has 0 aromatic heterocycles. The zero-order valence-corrected chi connectivity index (χ0v) is 29.3. The van der Waals surface area contributed by atoms with Crippen molar-refractivity contribution in [2.45, 2.75) is 83.7 Å². The Kier molecular flexibility index (Phi) is 7.20. The van der Waals surface area contributed by atoms with Crippen molar-refractivity contribution in [1.29, 1.82) is 0 Å². The third-order valence-electron chi connectivity index (χ3n) is 11.9. The minimum Gasteiger partial charge on any atom is -0.342 e. The van der Waals surface area contributed by atoms with Crippen molar-refractivity contribution in [2.24, 2.45) is 0 Å². The molecule has 0 radical (unpaired) electrons. The van der Waals surface area contributed by atoms with Crippen LogP contribution in [0.2, 0.25) is 0 Å². The van der Waals surface area contributed by atoms with Crippen molar-refractivity contribution in [3.8, 4) is 11.1 Å². The summed E-state index contributed by atoms with van der Waals surface area (Å²) in [6, 6.07) is 37.9. The Morgan fingerprint density at radius 3 is 2.29 bits per heavy atom. The zero-order chi connectivity index (χ0) is 33.3. The lowest BCUT2D eigenvalue weighted by molar-refractivity contribution is 0.573. The standard InChI is InChI=1S/C47H46N2/c1-31-19-23-35-11-5-7-16-44(35)48(31)37-26-28-40-39-27-22-33(29-42(39)47(3,4)43(40)30-37)21-25-34-13-9-15-41-38(34)14-10-18-46(41)49-32(2)20-24-36-12-6-8-17-45(36)49/h5-6,8-15,17-18,21-22,25-32H,7,16,19-20,23-24H2,1-4H3/b25-21+. The van der Waals surface area contributed by atoms with E-state index in [-0.39, 0.29) is 5.41 Å². The molecular weight excluding hydrogens is 593 g/mol. The molecule has 5 aromatic carbocycles. The first-order valence-electron chi connectivity index (χ1n) is 18.4. The third-order valence-corrected chi connectivity index (χ3v) is 11.9. The highest BCUT2D eigenvalue weighted by molar-refractivity contribution is 6.02. The van der Waals surface area contributed by atoms with Crippen LogP contribution in [-0.4, -0.2) is 12.1 Å². The molecule has 0 saturated heterocycles. The molecule has 5 aromatic rings. The molecule has 9 rings (SSSR count). The molecule has 2 nitrogen and oxygen atoms in total. The number of nitrogens with zero attached hydrogens (tertiary/aromatic N) is 2. The third kappa shape index (κ3) is 4.91. The van der Waals surface area contributed by atoms with Gasteiger partial charge in [-0.1, -0.05) is 111 Å². The van der Waals surface area contributed by atoms with Gasteiger partial charge in [-0.15, -0.1) is 0 Å². The van der Waals surface area contributed by atoms with Crippen molar-refractivity contribution in [3.05, 3.63) is 148 Å². The van der Waals surface area contributed by atoms with Crippen LogP contribution in [0.25, 0.3) is 34.1 Å². The quantitative estimate of drug-likeness (QED) is 0.181. The minimum atomic E-state index is -0.0665. The summed E-state index contributed by atoms with van der Waals surface area (Å²) in [5.41, 5.74) is 16.6. The van der Waals surface area contributed by atoms with E-state index in [1.807, 2.05) is 0 Å². The molecule has 2 unspecified atom stereocenters. The van der Waals surface area contributed by atoms with Gasteiger partial charge in [0.1, 0.15) is 0 Å². The molecule has 2 heterocycles. The van der Waals surface area contributed by atoms with Crippen LogP contribution >= 0.6 is 0 Å². The van der Waals surface area contributed by atoms with Crippen LogP contribution in [0.4, 0.5) is 17.1 Å². The van der Waals surface area contributed by atoms with Crippen LogP contribution < -0.4 is 9.80 Å². The first-order valence-corrected chi connectivity index (χ1v) is 18.4. The van der Waals surface area contributed by atoms with Crippen LogP contribution in [0.3, 0.4) is 0 Å². The molecule has 244 valence electrons. The van der Waals surface area contributed by atoms with Gasteiger partial charge < -0.3 is 9.80 Å². The van der Waals surface area contributed by atoms with Crippen LogP contribution in [0.15, 0.2) is 120 Å². The maximum atomic E-state index is 2.65. The van der Waals surface area contributed by atoms with Crippen molar-refractivity contribution in [1.82, 2.24) is 0 Å². The second-order valence-corrected chi connectivity index (χ2v) is 15.3. The van der Waals surface area contributed by atoms with Gasteiger partial charge >= 0.3 is 0 Å². The molecule has 49 heavy (non-hydrogen) atoms. The van der Waals surface area contributed by atoms with Crippen LogP contribution in [0.1, 0.15) is 87.6 Å². The summed E-state index contributed by atoms with van der Waals surface area (Å²) in [6.07, 6.45) is 16.4. The Bertz CT molecular complexity index is 2210. The summed E-state index contributed by atoms with van der Waals surface area (Å²) in [5, 5.41) is 2.61. The van der Waals surface area contributed by atoms with Gasteiger partial charge in [-0.3, -0.25) is 0 Å². The number of hydrogen-bond acceptors (Lipinski definition) is 2. The van der Waals surface area contributed by atoms with Crippen LogP contribution in [-0.2, 0) is 11.8 Å². The highest BCUT2D eigenvalue weighted by atomic mass is 15.2. The summed E-state index contributed by atoms with van der Waals surface area (Å²) < 4.78 is 0. The number of fused-ring (bicyclic) bond motifs is 5. The maximum Gasteiger partial charge on any atom is 0.0493 e. The highest BCUT2D eigenvalue weighted by Crippen LogP contribution is 2.51. The molecule has 0 fully saturated rings. The van der Waals surface area contributed by atoms with E-state index in [0.717, 1.165) is 19.3 Å². The number of hydrogen-bond donors (Lipinski definition) is 0. The van der Waals surface area contributed by atoms with Gasteiger partial charge in [0.2, 0.25) is 0 Å². The molecule has 0 amide bonds. The smallest absolute Gasteiger partial charge is 0.0493 e. The van der Waals surface area contributed by atoms with E-state index in [9.17, 15) is 0 Å². The predicted molar refractivity (Wildman–Crippen MR) is 210 cm³/mol. The Morgan fingerprint density at radius 2 is 1.39 bits per heavy atom. The first kappa shape index (κ1) is 30.3. The molecule has 0 saturated carbocycles. The SMILES string of the molecule is CC1CCC2=C(CCC=C2)N1c1ccc2c(c1)C(C)(C)c1cc(/C=C/c3cccc4c(N5c6ccccc6CCC5C)cccc34)ccc1-2. The molecule has 2 atom stereocenters. The first-order chi connectivity index (χ1) is 23.9. The zero-order valence-electron chi connectivity index (χ0n) is 29.3. The summed E-state index contributed by atoms with van der Waals surface area (Å²) in [4.78, 5) is 5.21. The van der Waals surface area contributed by atoms with E-state index in [0.29, 0.717) is 12.1 Å². The minimum absolute atomic E-state index is 0.0665. The fraction of sp³-hybridized carbons (Fsp3) is 0.277. The molecule has 4 aliphatic rings. The van der Waals surface area contributed by atoms with Gasteiger partial charge in [-0.25, -0.2) is 0 Å². The second-order valence-electron chi connectivity index (χ2n) is 15.3. The van der Waals surface area contributed by atoms with Crippen molar-refractivity contribution < 1.29 is 0 Å². The van der Waals surface area contributed by atoms with E-state index >= 15 is 0 Å². The van der Waals surface area contributed by atoms with E-state index in [2.05, 4.69) is 159 Å². The summed E-state index contributed by atoms with van der Waals surface area (Å²) in [5.74, 6) is 0. The largest absolute Gasteiger partial charge is 0.342 e. The van der Waals surface area contributed by atoms with Crippen LogP contribution in [0.5, 0.6) is 0 Å². The summed E-state index contributed by atoms with van der Waals surface area (Å²) >= 11 is 0. The van der Waals surface area contributed by atoms with Crippen LogP contribution in [0, 0.1) is 0 Å². The van der Waals surface area contributed by atoms with E-state index in [1.165, 1.54) is 97.3 Å². The van der Waals surface area contributed by atoms with Gasteiger partial charge in [0.25, 0.3) is 0 Å². The topological polar surface area (TPSA) is 6.48 Å². The number of allylic oxidation sites excluding steroid dienone is 4. The van der Waals surface area contributed by atoms with E-state index < -0.39 is 0 Å². The van der Waals surface area contributed by atoms with Gasteiger partial charge in [0.05, 0.1) is 0 Å². The van der Waals surface area contributed by atoms with E-state index in [4.69, 9.17) is 0 Å². The Balaban J connectivity index is 1.04. The highest BCUT2D eigenvalue weighted by Gasteiger charge is 2.37. The molecule has 0 N–H and O–H groups in total. The average molecular weight is 639 g/mol. The van der Waals surface area contributed by atoms with Gasteiger partial charge in [-0.2, -0.15) is 0 Å². The predicted octanol–water partition coefficient (Wildman–Crippen LogP) is 12.4. The maximum absolute atomic E-state index is 2.65. The molecule has 2 aliphatic heterocycles. The molecule has 0 spiro atoms. The Labute approximate surface area is 292 Å². The monoisotopic (exact) mass is 638 g/mol. The number of aryl methyl sites for hydroxylation is 1. The van der Waals surface area contributed by atoms with E-state index in [1.54, 1.807) is 0 Å². The van der Waals surface area contributed by atoms with Crippen molar-refractivity contribution in [2.75, 3.05) is 9.80 Å². The number of benzene rings is 5. The molecule has 0 bridgehead atoms. The Hall–Kier alpha value is -4.82. The number of rotatable bonds is 4. The van der Waals surface area contributed by atoms with Crippen molar-refractivity contribution >= 4 is 40.0 Å². The van der Waals surface area contributed by atoms with Crippen molar-refractivity contribution in [3.63, 3.8) is 0 Å². The molecular formula is C47H46N2. The number of para-hydroxylation sites is 1. The number of anilines is 3. The summed E-state index contributed by atoms with van der Waals surface area (Å²) in [6.45, 7) is 9.59. The lowest BCUT2D eigenvalue weighted by Gasteiger charge is -2.40. The lowest BCUT2D eigenvalue weighted by Crippen LogP contribution is -2.37. The fourth-order valence-corrected chi connectivity index (χ4v) is 9.29. The molecule has 2 heteroatoms. The normalized spacial score (nSPS) is 20.8. The Morgan fingerprint density at radius 1 is 0.653 bits per heavy atom. The second kappa shape index (κ2) is 11.7.